The van der Waals surface area contributed by atoms with Crippen LogP contribution in [-0.4, -0.2) is 26.8 Å². The van der Waals surface area contributed by atoms with Crippen molar-refractivity contribution in [3.63, 3.8) is 0 Å². The molecule has 2 heterocycles. The maximum atomic E-state index is 12.5. The van der Waals surface area contributed by atoms with E-state index in [4.69, 9.17) is 9.15 Å². The zero-order valence-electron chi connectivity index (χ0n) is 20.1. The maximum absolute atomic E-state index is 12.5. The molecule has 4 rings (SSSR count). The molecule has 0 saturated heterocycles. The van der Waals surface area contributed by atoms with Gasteiger partial charge in [-0.25, -0.2) is 4.98 Å². The molecule has 1 atom stereocenters. The van der Waals surface area contributed by atoms with Gasteiger partial charge in [-0.3, -0.25) is 14.7 Å². The van der Waals surface area contributed by atoms with Crippen molar-refractivity contribution in [1.29, 1.82) is 0 Å². The first-order valence-electron chi connectivity index (χ1n) is 11.8. The molecule has 0 fully saturated rings. The van der Waals surface area contributed by atoms with Crippen LogP contribution in [0.4, 0.5) is 0 Å². The van der Waals surface area contributed by atoms with E-state index in [1.54, 1.807) is 12.4 Å². The number of carbonyl (C=O) groups excluding carboxylic acids is 1. The van der Waals surface area contributed by atoms with E-state index in [0.717, 1.165) is 29.0 Å². The average Bonchev–Trinajstić information content (AvgIpc) is 3.36. The van der Waals surface area contributed by atoms with Gasteiger partial charge in [-0.15, -0.1) is 0 Å². The van der Waals surface area contributed by atoms with Crippen molar-refractivity contribution < 1.29 is 13.9 Å². The van der Waals surface area contributed by atoms with Crippen molar-refractivity contribution in [2.45, 2.75) is 45.9 Å². The van der Waals surface area contributed by atoms with E-state index < -0.39 is 0 Å². The van der Waals surface area contributed by atoms with Gasteiger partial charge in [-0.05, 0) is 60.9 Å². The summed E-state index contributed by atoms with van der Waals surface area (Å²) in [5.41, 5.74) is 2.37. The number of ether oxygens (including phenoxy) is 1. The summed E-state index contributed by atoms with van der Waals surface area (Å²) in [5.74, 6) is 1.84. The number of rotatable bonds is 11. The summed E-state index contributed by atoms with van der Waals surface area (Å²) in [6.07, 6.45) is 5.78. The SMILES string of the molecule is CCC(C)N(Cc1cccc(Oc2ccccc2)c1)Cc1nc(C(=O)NCc2ccncc2)co1. The van der Waals surface area contributed by atoms with Crippen molar-refractivity contribution in [3.8, 4) is 11.5 Å². The van der Waals surface area contributed by atoms with Gasteiger partial charge in [-0.2, -0.15) is 0 Å². The number of carbonyl (C=O) groups is 1. The standard InChI is InChI=1S/C28H30N4O3/c1-3-21(2)32(18-23-8-7-11-25(16-23)35-24-9-5-4-6-10-24)19-27-31-26(20-34-27)28(33)30-17-22-12-14-29-15-13-22/h4-16,20-21H,3,17-19H2,1-2H3,(H,30,33). The van der Waals surface area contributed by atoms with E-state index in [2.05, 4.69) is 46.2 Å². The Bertz CT molecular complexity index is 1210. The molecular weight excluding hydrogens is 440 g/mol. The molecular formula is C28H30N4O3. The van der Waals surface area contributed by atoms with E-state index in [9.17, 15) is 4.79 Å². The molecule has 0 radical (unpaired) electrons. The van der Waals surface area contributed by atoms with Gasteiger partial charge in [0.2, 0.25) is 5.89 Å². The quantitative estimate of drug-likeness (QED) is 0.308. The van der Waals surface area contributed by atoms with E-state index >= 15 is 0 Å². The molecule has 1 N–H and O–H groups in total. The molecule has 2 aromatic carbocycles. The number of pyridine rings is 1. The van der Waals surface area contributed by atoms with Crippen molar-refractivity contribution in [3.05, 3.63) is 108 Å². The molecule has 1 unspecified atom stereocenters. The molecule has 180 valence electrons. The molecule has 7 nitrogen and oxygen atoms in total. The second kappa shape index (κ2) is 11.9. The topological polar surface area (TPSA) is 80.5 Å². The third kappa shape index (κ3) is 7.01. The highest BCUT2D eigenvalue weighted by Crippen LogP contribution is 2.23. The van der Waals surface area contributed by atoms with Gasteiger partial charge in [-0.1, -0.05) is 37.3 Å². The van der Waals surface area contributed by atoms with Crippen LogP contribution in [0.5, 0.6) is 11.5 Å². The predicted octanol–water partition coefficient (Wildman–Crippen LogP) is 5.59. The lowest BCUT2D eigenvalue weighted by atomic mass is 10.1. The van der Waals surface area contributed by atoms with Crippen molar-refractivity contribution >= 4 is 5.91 Å². The summed E-state index contributed by atoms with van der Waals surface area (Å²) < 4.78 is 11.6. The normalized spacial score (nSPS) is 11.9. The lowest BCUT2D eigenvalue weighted by molar-refractivity contribution is 0.0945. The second-order valence-corrected chi connectivity index (χ2v) is 8.39. The van der Waals surface area contributed by atoms with Crippen LogP contribution in [0.1, 0.15) is 47.8 Å². The van der Waals surface area contributed by atoms with Crippen LogP contribution < -0.4 is 10.1 Å². The maximum Gasteiger partial charge on any atom is 0.273 e. The molecule has 0 bridgehead atoms. The Morgan fingerprint density at radius 3 is 2.54 bits per heavy atom. The van der Waals surface area contributed by atoms with Crippen molar-refractivity contribution in [2.24, 2.45) is 0 Å². The van der Waals surface area contributed by atoms with E-state index in [1.165, 1.54) is 6.26 Å². The molecule has 7 heteroatoms. The molecule has 0 aliphatic carbocycles. The van der Waals surface area contributed by atoms with E-state index in [-0.39, 0.29) is 11.6 Å². The van der Waals surface area contributed by atoms with Gasteiger partial charge in [0.15, 0.2) is 5.69 Å². The first-order chi connectivity index (χ1) is 17.1. The molecule has 0 aliphatic heterocycles. The summed E-state index contributed by atoms with van der Waals surface area (Å²) in [4.78, 5) is 23.2. The Kier molecular flexibility index (Phi) is 8.25. The number of nitrogens with zero attached hydrogens (tertiary/aromatic N) is 3. The highest BCUT2D eigenvalue weighted by Gasteiger charge is 2.18. The molecule has 1 amide bonds. The smallest absolute Gasteiger partial charge is 0.273 e. The minimum Gasteiger partial charge on any atom is -0.457 e. The highest BCUT2D eigenvalue weighted by atomic mass is 16.5. The fraction of sp³-hybridized carbons (Fsp3) is 0.250. The summed E-state index contributed by atoms with van der Waals surface area (Å²) in [5, 5.41) is 2.87. The summed E-state index contributed by atoms with van der Waals surface area (Å²) >= 11 is 0. The number of aromatic nitrogens is 2. The molecule has 4 aromatic rings. The fourth-order valence-corrected chi connectivity index (χ4v) is 3.63. The number of hydrogen-bond acceptors (Lipinski definition) is 6. The molecule has 0 saturated carbocycles. The molecule has 0 aliphatic rings. The average molecular weight is 471 g/mol. The van der Waals surface area contributed by atoms with Crippen LogP contribution in [0.2, 0.25) is 0 Å². The summed E-state index contributed by atoms with van der Waals surface area (Å²) in [7, 11) is 0. The van der Waals surface area contributed by atoms with Gasteiger partial charge in [0.1, 0.15) is 17.8 Å². The first-order valence-corrected chi connectivity index (χ1v) is 11.8. The molecule has 35 heavy (non-hydrogen) atoms. The van der Waals surface area contributed by atoms with Crippen LogP contribution in [0.25, 0.3) is 0 Å². The number of amides is 1. The summed E-state index contributed by atoms with van der Waals surface area (Å²) in [6, 6.07) is 21.8. The number of benzene rings is 2. The Hall–Kier alpha value is -3.97. The molecule has 0 spiro atoms. The largest absolute Gasteiger partial charge is 0.457 e. The first kappa shape index (κ1) is 24.2. The monoisotopic (exact) mass is 470 g/mol. The van der Waals surface area contributed by atoms with Gasteiger partial charge in [0, 0.05) is 31.5 Å². The third-order valence-corrected chi connectivity index (χ3v) is 5.80. The summed E-state index contributed by atoms with van der Waals surface area (Å²) in [6.45, 7) is 5.93. The lowest BCUT2D eigenvalue weighted by Gasteiger charge is -2.27. The minimum atomic E-state index is -0.266. The second-order valence-electron chi connectivity index (χ2n) is 8.39. The number of oxazole rings is 1. The van der Waals surface area contributed by atoms with E-state index in [1.807, 2.05) is 54.6 Å². The van der Waals surface area contributed by atoms with Crippen LogP contribution in [0.15, 0.2) is 89.8 Å². The van der Waals surface area contributed by atoms with E-state index in [0.29, 0.717) is 31.6 Å². The molecule has 2 aromatic heterocycles. The van der Waals surface area contributed by atoms with Crippen LogP contribution >= 0.6 is 0 Å². The zero-order chi connectivity index (χ0) is 24.5. The Labute approximate surface area is 205 Å². The minimum absolute atomic E-state index is 0.266. The Morgan fingerprint density at radius 2 is 1.77 bits per heavy atom. The Balaban J connectivity index is 1.39. The number of hydrogen-bond donors (Lipinski definition) is 1. The predicted molar refractivity (Wildman–Crippen MR) is 134 cm³/mol. The third-order valence-electron chi connectivity index (χ3n) is 5.80. The Morgan fingerprint density at radius 1 is 1.00 bits per heavy atom. The van der Waals surface area contributed by atoms with Crippen molar-refractivity contribution in [2.75, 3.05) is 0 Å². The lowest BCUT2D eigenvalue weighted by Crippen LogP contribution is -2.32. The fourth-order valence-electron chi connectivity index (χ4n) is 3.63. The zero-order valence-corrected chi connectivity index (χ0v) is 20.1. The number of para-hydroxylation sites is 1. The van der Waals surface area contributed by atoms with Crippen LogP contribution in [0.3, 0.4) is 0 Å². The van der Waals surface area contributed by atoms with Crippen LogP contribution in [-0.2, 0) is 19.6 Å². The van der Waals surface area contributed by atoms with Gasteiger partial charge in [0.05, 0.1) is 6.54 Å². The number of nitrogens with one attached hydrogen (secondary N) is 1. The van der Waals surface area contributed by atoms with Gasteiger partial charge < -0.3 is 14.5 Å². The van der Waals surface area contributed by atoms with Crippen molar-refractivity contribution in [1.82, 2.24) is 20.2 Å². The highest BCUT2D eigenvalue weighted by molar-refractivity contribution is 5.91. The van der Waals surface area contributed by atoms with Crippen LogP contribution in [0, 0.1) is 0 Å². The van der Waals surface area contributed by atoms with Gasteiger partial charge in [0.25, 0.3) is 5.91 Å². The van der Waals surface area contributed by atoms with Gasteiger partial charge >= 0.3 is 0 Å².